The van der Waals surface area contributed by atoms with Crippen molar-refractivity contribution in [1.29, 1.82) is 0 Å². The van der Waals surface area contributed by atoms with Gasteiger partial charge in [0.25, 0.3) is 5.91 Å². The maximum absolute atomic E-state index is 13.5. The maximum Gasteiger partial charge on any atom is 0.276 e. The van der Waals surface area contributed by atoms with Gasteiger partial charge >= 0.3 is 0 Å². The number of carbonyl (C=O) groups is 2. The Labute approximate surface area is 207 Å². The van der Waals surface area contributed by atoms with Crippen molar-refractivity contribution in [3.63, 3.8) is 0 Å². The van der Waals surface area contributed by atoms with E-state index < -0.39 is 0 Å². The molecule has 1 saturated heterocycles. The number of carbonyl (C=O) groups excluding carboxylic acids is 2. The highest BCUT2D eigenvalue weighted by Gasteiger charge is 2.35. The van der Waals surface area contributed by atoms with Crippen LogP contribution in [0.4, 0.5) is 0 Å². The fraction of sp³-hybridized carbons (Fsp3) is 0.520. The highest BCUT2D eigenvalue weighted by Crippen LogP contribution is 2.42. The molecular weight excluding hydrogens is 470 g/mol. The van der Waals surface area contributed by atoms with E-state index in [0.717, 1.165) is 61.3 Å². The van der Waals surface area contributed by atoms with Crippen LogP contribution in [0.2, 0.25) is 5.02 Å². The van der Waals surface area contributed by atoms with Gasteiger partial charge in [-0.3, -0.25) is 9.59 Å². The minimum atomic E-state index is -0.281. The van der Waals surface area contributed by atoms with E-state index in [1.54, 1.807) is 14.9 Å². The third kappa shape index (κ3) is 3.90. The first-order chi connectivity index (χ1) is 16.5. The van der Waals surface area contributed by atoms with Gasteiger partial charge in [0.2, 0.25) is 5.91 Å². The lowest BCUT2D eigenvalue weighted by atomic mass is 9.86. The van der Waals surface area contributed by atoms with Gasteiger partial charge < -0.3 is 9.80 Å². The molecule has 34 heavy (non-hydrogen) atoms. The van der Waals surface area contributed by atoms with Gasteiger partial charge in [0.05, 0.1) is 27.4 Å². The Morgan fingerprint density at radius 3 is 2.59 bits per heavy atom. The molecule has 1 aliphatic heterocycles. The summed E-state index contributed by atoms with van der Waals surface area (Å²) in [7, 11) is 0. The second kappa shape index (κ2) is 8.64. The molecule has 0 spiro atoms. The number of amides is 2. The molecule has 3 aromatic heterocycles. The Morgan fingerprint density at radius 2 is 1.91 bits per heavy atom. The molecule has 3 aromatic rings. The summed E-state index contributed by atoms with van der Waals surface area (Å²) in [4.78, 5) is 34.5. The smallest absolute Gasteiger partial charge is 0.276 e. The van der Waals surface area contributed by atoms with E-state index in [0.29, 0.717) is 30.1 Å². The molecule has 2 amide bonds. The fourth-order valence-electron chi connectivity index (χ4n) is 5.40. The van der Waals surface area contributed by atoms with Gasteiger partial charge in [0.15, 0.2) is 5.69 Å². The average molecular weight is 498 g/mol. The first kappa shape index (κ1) is 22.0. The lowest BCUT2D eigenvalue weighted by molar-refractivity contribution is -0.138. The zero-order valence-corrected chi connectivity index (χ0v) is 20.8. The molecule has 9 heteroatoms. The van der Waals surface area contributed by atoms with Crippen LogP contribution in [0.15, 0.2) is 23.0 Å². The van der Waals surface area contributed by atoms with Crippen LogP contribution in [0, 0.1) is 5.92 Å². The number of hydrogen-bond acceptors (Lipinski definition) is 5. The van der Waals surface area contributed by atoms with Crippen LogP contribution in [0.1, 0.15) is 67.4 Å². The van der Waals surface area contributed by atoms with Crippen LogP contribution in [-0.2, 0) is 4.79 Å². The number of thiazole rings is 1. The molecule has 7 nitrogen and oxygen atoms in total. The highest BCUT2D eigenvalue weighted by atomic mass is 35.5. The maximum atomic E-state index is 13.5. The number of pyridine rings is 1. The average Bonchev–Trinajstić information content (AvgIpc) is 3.45. The van der Waals surface area contributed by atoms with E-state index in [1.165, 1.54) is 16.9 Å². The summed E-state index contributed by atoms with van der Waals surface area (Å²) in [5.41, 5.74) is 5.59. The molecule has 0 bridgehead atoms. The van der Waals surface area contributed by atoms with Crippen LogP contribution >= 0.6 is 22.9 Å². The summed E-state index contributed by atoms with van der Waals surface area (Å²) in [5.74, 6) is 1.01. The number of halogens is 1. The molecule has 0 atom stereocenters. The fourth-order valence-corrected chi connectivity index (χ4v) is 6.20. The lowest BCUT2D eigenvalue weighted by Gasteiger charge is -2.41. The largest absolute Gasteiger partial charge is 0.336 e. The minimum absolute atomic E-state index is 0.0261. The van der Waals surface area contributed by atoms with Gasteiger partial charge in [-0.2, -0.15) is 5.10 Å². The van der Waals surface area contributed by atoms with Gasteiger partial charge in [0, 0.05) is 24.5 Å². The van der Waals surface area contributed by atoms with Crippen LogP contribution in [0.5, 0.6) is 0 Å². The zero-order chi connectivity index (χ0) is 23.4. The number of piperazine rings is 1. The normalized spacial score (nSPS) is 23.6. The number of nitrogens with zero attached hydrogens (tertiary/aromatic N) is 5. The molecule has 2 saturated carbocycles. The van der Waals surface area contributed by atoms with E-state index in [4.69, 9.17) is 11.6 Å². The van der Waals surface area contributed by atoms with Crippen LogP contribution < -0.4 is 0 Å². The number of hydrogen-bond donors (Lipinski definition) is 0. The minimum Gasteiger partial charge on any atom is -0.336 e. The van der Waals surface area contributed by atoms with E-state index in [9.17, 15) is 9.59 Å². The molecule has 0 N–H and O–H groups in total. The molecule has 0 aromatic carbocycles. The summed E-state index contributed by atoms with van der Waals surface area (Å²) in [6.45, 7) is 3.44. The summed E-state index contributed by atoms with van der Waals surface area (Å²) in [6.07, 6.45) is 6.77. The predicted molar refractivity (Wildman–Crippen MR) is 132 cm³/mol. The first-order valence-corrected chi connectivity index (χ1v) is 13.5. The first-order valence-electron chi connectivity index (χ1n) is 12.2. The van der Waals surface area contributed by atoms with Crippen molar-refractivity contribution in [3.8, 4) is 11.4 Å². The van der Waals surface area contributed by atoms with Gasteiger partial charge in [-0.15, -0.1) is 11.3 Å². The zero-order valence-electron chi connectivity index (χ0n) is 19.2. The summed E-state index contributed by atoms with van der Waals surface area (Å²) < 4.78 is 1.73. The van der Waals surface area contributed by atoms with Gasteiger partial charge in [-0.05, 0) is 68.1 Å². The Morgan fingerprint density at radius 1 is 1.12 bits per heavy atom. The molecule has 0 radical (unpaired) electrons. The Bertz CT molecular complexity index is 1240. The molecule has 0 unspecified atom stereocenters. The standard InChI is InChI=1S/C25H28ClN5O2S/c1-15-2-6-18(7-3-15)30-9-8-29(12-22(30)32)25(33)24-23(26)21-11-17(16-4-5-16)10-20(31(21)28-24)19-13-34-14-27-19/h10-11,13-16,18H,2-9,12H2,1H3. The molecule has 3 aliphatic rings. The monoisotopic (exact) mass is 497 g/mol. The number of fused-ring (bicyclic) bond motifs is 1. The van der Waals surface area contributed by atoms with Gasteiger partial charge in [-0.25, -0.2) is 9.50 Å². The van der Waals surface area contributed by atoms with Gasteiger partial charge in [0.1, 0.15) is 6.54 Å². The van der Waals surface area contributed by atoms with Crippen molar-refractivity contribution in [1.82, 2.24) is 24.4 Å². The second-order valence-electron chi connectivity index (χ2n) is 10.0. The number of aromatic nitrogens is 3. The van der Waals surface area contributed by atoms with Crippen molar-refractivity contribution >= 4 is 40.3 Å². The van der Waals surface area contributed by atoms with Crippen molar-refractivity contribution in [3.05, 3.63) is 39.3 Å². The van der Waals surface area contributed by atoms with Crippen molar-refractivity contribution in [2.24, 2.45) is 5.92 Å². The van der Waals surface area contributed by atoms with E-state index >= 15 is 0 Å². The molecule has 6 rings (SSSR count). The predicted octanol–water partition coefficient (Wildman–Crippen LogP) is 4.85. The van der Waals surface area contributed by atoms with Crippen molar-refractivity contribution in [2.45, 2.75) is 57.4 Å². The van der Waals surface area contributed by atoms with Gasteiger partial charge in [-0.1, -0.05) is 18.5 Å². The lowest BCUT2D eigenvalue weighted by Crippen LogP contribution is -2.56. The van der Waals surface area contributed by atoms with Crippen LogP contribution in [0.3, 0.4) is 0 Å². The molecular formula is C25H28ClN5O2S. The molecule has 2 aliphatic carbocycles. The number of rotatable bonds is 4. The topological polar surface area (TPSA) is 70.8 Å². The third-order valence-electron chi connectivity index (χ3n) is 7.61. The van der Waals surface area contributed by atoms with Crippen molar-refractivity contribution in [2.75, 3.05) is 19.6 Å². The Kier molecular flexibility index (Phi) is 5.60. The quantitative estimate of drug-likeness (QED) is 0.516. The van der Waals surface area contributed by atoms with Crippen LogP contribution in [0.25, 0.3) is 16.9 Å². The van der Waals surface area contributed by atoms with Crippen LogP contribution in [-0.4, -0.2) is 61.9 Å². The molecule has 178 valence electrons. The summed E-state index contributed by atoms with van der Waals surface area (Å²) in [5, 5.41) is 6.97. The molecule has 3 fully saturated rings. The van der Waals surface area contributed by atoms with Crippen molar-refractivity contribution < 1.29 is 9.59 Å². The second-order valence-corrected chi connectivity index (χ2v) is 11.1. The van der Waals surface area contributed by atoms with E-state index in [2.05, 4.69) is 23.1 Å². The van der Waals surface area contributed by atoms with E-state index in [1.807, 2.05) is 16.3 Å². The van der Waals surface area contributed by atoms with E-state index in [-0.39, 0.29) is 24.1 Å². The molecule has 4 heterocycles. The summed E-state index contributed by atoms with van der Waals surface area (Å²) in [6, 6.07) is 4.47. The summed E-state index contributed by atoms with van der Waals surface area (Å²) >= 11 is 8.28. The Hall–Kier alpha value is -2.45. The SMILES string of the molecule is CC1CCC(N2CCN(C(=O)c3nn4c(-c5cscn5)cc(C5CC5)cc4c3Cl)CC2=O)CC1. The highest BCUT2D eigenvalue weighted by molar-refractivity contribution is 7.07. The Balaban J connectivity index is 1.28. The third-order valence-corrected chi connectivity index (χ3v) is 8.57.